The summed E-state index contributed by atoms with van der Waals surface area (Å²) >= 11 is 0. The second-order valence-electron chi connectivity index (χ2n) is 1.86. The molecule has 0 saturated carbocycles. The first-order valence-corrected chi connectivity index (χ1v) is 2.76. The molecule has 2 aromatic heterocycles. The number of H-pyrrole nitrogens is 1. The standard InChI is InChI=1S/C7H5N2/c1-4-9-7-2-3-8-5-6(1)7/h1-4,9H. The van der Waals surface area contributed by atoms with Gasteiger partial charge in [-0.1, -0.05) is 0 Å². The molecule has 0 aliphatic heterocycles. The van der Waals surface area contributed by atoms with Gasteiger partial charge in [0.2, 0.25) is 0 Å². The van der Waals surface area contributed by atoms with Gasteiger partial charge in [-0.25, -0.2) is 0 Å². The Hall–Kier alpha value is -1.31. The molecule has 2 heteroatoms. The predicted molar refractivity (Wildman–Crippen MR) is 34.9 cm³/mol. The van der Waals surface area contributed by atoms with E-state index in [-0.39, 0.29) is 0 Å². The van der Waals surface area contributed by atoms with Crippen molar-refractivity contribution in [1.29, 1.82) is 0 Å². The third-order valence-electron chi connectivity index (χ3n) is 1.28. The molecule has 1 radical (unpaired) electrons. The highest BCUT2D eigenvalue weighted by molar-refractivity contribution is 5.76. The van der Waals surface area contributed by atoms with Gasteiger partial charge >= 0.3 is 0 Å². The molecule has 1 N–H and O–H groups in total. The fourth-order valence-corrected chi connectivity index (χ4v) is 0.836. The van der Waals surface area contributed by atoms with Gasteiger partial charge in [-0.2, -0.15) is 0 Å². The van der Waals surface area contributed by atoms with Crippen molar-refractivity contribution in [1.82, 2.24) is 9.97 Å². The first-order valence-electron chi connectivity index (χ1n) is 2.76. The lowest BCUT2D eigenvalue weighted by Crippen LogP contribution is -1.68. The van der Waals surface area contributed by atoms with E-state index in [0.29, 0.717) is 0 Å². The Morgan fingerprint density at radius 3 is 3.33 bits per heavy atom. The summed E-state index contributed by atoms with van der Waals surface area (Å²) in [4.78, 5) is 6.89. The van der Waals surface area contributed by atoms with Crippen LogP contribution >= 0.6 is 0 Å². The highest BCUT2D eigenvalue weighted by Crippen LogP contribution is 2.06. The number of nitrogens with one attached hydrogen (secondary N) is 1. The van der Waals surface area contributed by atoms with Crippen LogP contribution in [0.4, 0.5) is 0 Å². The molecular weight excluding hydrogens is 112 g/mol. The smallest absolute Gasteiger partial charge is 0.0986 e. The number of aromatic amines is 1. The van der Waals surface area contributed by atoms with Crippen LogP contribution in [0.3, 0.4) is 0 Å². The Bertz CT molecular complexity index is 281. The predicted octanol–water partition coefficient (Wildman–Crippen LogP) is 1.36. The van der Waals surface area contributed by atoms with Crippen LogP contribution in [0, 0.1) is 6.20 Å². The maximum absolute atomic E-state index is 3.84. The van der Waals surface area contributed by atoms with E-state index in [9.17, 15) is 0 Å². The van der Waals surface area contributed by atoms with E-state index in [4.69, 9.17) is 0 Å². The molecule has 2 nitrogen and oxygen atoms in total. The van der Waals surface area contributed by atoms with Gasteiger partial charge in [0.25, 0.3) is 0 Å². The summed E-state index contributed by atoms with van der Waals surface area (Å²) in [7, 11) is 0. The molecule has 0 saturated heterocycles. The minimum Gasteiger partial charge on any atom is -0.361 e. The Balaban J connectivity index is 2.95. The quantitative estimate of drug-likeness (QED) is 0.554. The highest BCUT2D eigenvalue weighted by Gasteiger charge is 1.88. The van der Waals surface area contributed by atoms with Crippen molar-refractivity contribution in [2.45, 2.75) is 0 Å². The number of hydrogen-bond acceptors (Lipinski definition) is 1. The van der Waals surface area contributed by atoms with Gasteiger partial charge in [0.05, 0.1) is 6.20 Å². The minimum atomic E-state index is 1.04. The monoisotopic (exact) mass is 117 g/mol. The van der Waals surface area contributed by atoms with E-state index >= 15 is 0 Å². The van der Waals surface area contributed by atoms with Crippen molar-refractivity contribution >= 4 is 10.9 Å². The summed E-state index contributed by atoms with van der Waals surface area (Å²) in [5, 5.41) is 1.04. The van der Waals surface area contributed by atoms with Gasteiger partial charge in [0.1, 0.15) is 0 Å². The topological polar surface area (TPSA) is 28.7 Å². The van der Waals surface area contributed by atoms with Crippen LogP contribution in [0.1, 0.15) is 0 Å². The molecule has 0 unspecified atom stereocenters. The third-order valence-corrected chi connectivity index (χ3v) is 1.28. The first kappa shape index (κ1) is 4.56. The molecule has 0 aromatic carbocycles. The molecular formula is C7H5N2. The molecule has 2 aromatic rings. The average molecular weight is 117 g/mol. The zero-order valence-electron chi connectivity index (χ0n) is 4.76. The van der Waals surface area contributed by atoms with Crippen molar-refractivity contribution in [2.75, 3.05) is 0 Å². The van der Waals surface area contributed by atoms with Crippen LogP contribution in [0.25, 0.3) is 10.9 Å². The normalized spacial score (nSPS) is 10.2. The summed E-state index contributed by atoms with van der Waals surface area (Å²) < 4.78 is 0. The van der Waals surface area contributed by atoms with Crippen LogP contribution in [0.2, 0.25) is 0 Å². The lowest BCUT2D eigenvalue weighted by molar-refractivity contribution is 1.34. The second kappa shape index (κ2) is 1.58. The van der Waals surface area contributed by atoms with Gasteiger partial charge in [-0.15, -0.1) is 0 Å². The van der Waals surface area contributed by atoms with Crippen molar-refractivity contribution in [3.05, 3.63) is 30.7 Å². The van der Waals surface area contributed by atoms with Crippen molar-refractivity contribution in [3.8, 4) is 0 Å². The summed E-state index contributed by atoms with van der Waals surface area (Å²) in [5.41, 5.74) is 1.09. The molecule has 43 valence electrons. The molecule has 9 heavy (non-hydrogen) atoms. The maximum Gasteiger partial charge on any atom is 0.0986 e. The molecule has 2 rings (SSSR count). The van der Waals surface area contributed by atoms with Crippen molar-refractivity contribution in [2.24, 2.45) is 0 Å². The third kappa shape index (κ3) is 0.598. The highest BCUT2D eigenvalue weighted by atomic mass is 14.7. The van der Waals surface area contributed by atoms with Gasteiger partial charge in [0, 0.05) is 23.3 Å². The fourth-order valence-electron chi connectivity index (χ4n) is 0.836. The van der Waals surface area contributed by atoms with Gasteiger partial charge in [-0.3, -0.25) is 4.98 Å². The van der Waals surface area contributed by atoms with Crippen LogP contribution in [-0.4, -0.2) is 9.97 Å². The Morgan fingerprint density at radius 2 is 2.44 bits per heavy atom. The van der Waals surface area contributed by atoms with Crippen LogP contribution in [0.5, 0.6) is 0 Å². The summed E-state index contributed by atoms with van der Waals surface area (Å²) in [5.74, 6) is 0. The van der Waals surface area contributed by atoms with Gasteiger partial charge in [0.15, 0.2) is 0 Å². The fraction of sp³-hybridized carbons (Fsp3) is 0. The van der Waals surface area contributed by atoms with Crippen molar-refractivity contribution < 1.29 is 0 Å². The van der Waals surface area contributed by atoms with Gasteiger partial charge in [-0.05, 0) is 12.1 Å². The molecule has 0 amide bonds. The number of fused-ring (bicyclic) bond motifs is 1. The maximum atomic E-state index is 3.84. The number of aromatic nitrogens is 2. The molecule has 0 atom stereocenters. The lowest BCUT2D eigenvalue weighted by Gasteiger charge is -1.81. The number of pyridine rings is 1. The number of nitrogens with zero attached hydrogens (tertiary/aromatic N) is 1. The van der Waals surface area contributed by atoms with E-state index in [1.165, 1.54) is 0 Å². The second-order valence-corrected chi connectivity index (χ2v) is 1.86. The summed E-state index contributed by atoms with van der Waals surface area (Å²) in [6, 6.07) is 3.87. The molecule has 0 spiro atoms. The van der Waals surface area contributed by atoms with Gasteiger partial charge < -0.3 is 4.98 Å². The van der Waals surface area contributed by atoms with E-state index < -0.39 is 0 Å². The largest absolute Gasteiger partial charge is 0.361 e. The number of hydrogen-bond donors (Lipinski definition) is 1. The summed E-state index contributed by atoms with van der Waals surface area (Å²) in [6.45, 7) is 0. The number of rotatable bonds is 0. The molecule has 0 aliphatic carbocycles. The zero-order valence-corrected chi connectivity index (χ0v) is 4.76. The lowest BCUT2D eigenvalue weighted by atomic mass is 10.3. The van der Waals surface area contributed by atoms with Crippen LogP contribution in [-0.2, 0) is 0 Å². The van der Waals surface area contributed by atoms with Crippen molar-refractivity contribution in [3.63, 3.8) is 0 Å². The molecule has 0 fully saturated rings. The molecule has 0 aliphatic rings. The average Bonchev–Trinajstić information content (AvgIpc) is 2.33. The van der Waals surface area contributed by atoms with E-state index in [0.717, 1.165) is 10.9 Å². The first-order chi connectivity index (χ1) is 4.47. The Labute approximate surface area is 52.5 Å². The zero-order chi connectivity index (χ0) is 6.10. The van der Waals surface area contributed by atoms with E-state index in [2.05, 4.69) is 16.2 Å². The Kier molecular flexibility index (Phi) is 0.803. The van der Waals surface area contributed by atoms with Crippen LogP contribution in [0.15, 0.2) is 24.5 Å². The SMILES string of the molecule is [c]1nccc2[nH]ccc12. The summed E-state index contributed by atoms with van der Waals surface area (Å²) in [6.07, 6.45) is 6.45. The molecule has 2 heterocycles. The molecule has 0 bridgehead atoms. The van der Waals surface area contributed by atoms with Crippen LogP contribution < -0.4 is 0 Å². The van der Waals surface area contributed by atoms with E-state index in [1.54, 1.807) is 6.20 Å². The van der Waals surface area contributed by atoms with E-state index in [1.807, 2.05) is 18.3 Å². The Morgan fingerprint density at radius 1 is 1.44 bits per heavy atom. The minimum absolute atomic E-state index is 1.04.